The number of thiophene rings is 1. The summed E-state index contributed by atoms with van der Waals surface area (Å²) in [7, 11) is 0. The van der Waals surface area contributed by atoms with Gasteiger partial charge in [0.25, 0.3) is 0 Å². The van der Waals surface area contributed by atoms with Gasteiger partial charge in [0.2, 0.25) is 5.91 Å². The number of hydrogen-bond donors (Lipinski definition) is 1. The Morgan fingerprint density at radius 2 is 1.77 bits per heavy atom. The molecular formula is C17H17NO3S. The fraction of sp³-hybridized carbons (Fsp3) is 0.294. The minimum Gasteiger partial charge on any atom is -0.481 e. The van der Waals surface area contributed by atoms with Crippen LogP contribution >= 0.6 is 11.3 Å². The molecule has 1 aliphatic heterocycles. The molecule has 114 valence electrons. The molecule has 1 aliphatic rings. The Morgan fingerprint density at radius 3 is 2.36 bits per heavy atom. The van der Waals surface area contributed by atoms with E-state index in [1.165, 1.54) is 11.1 Å². The van der Waals surface area contributed by atoms with E-state index in [1.807, 2.05) is 30.3 Å². The molecule has 1 atom stereocenters. The van der Waals surface area contributed by atoms with Crippen molar-refractivity contribution in [2.75, 3.05) is 0 Å². The number of rotatable bonds is 5. The number of nitrogens with zero attached hydrogens (tertiary/aromatic N) is 1. The van der Waals surface area contributed by atoms with Crippen molar-refractivity contribution in [3.05, 3.63) is 57.8 Å². The number of carbonyl (C=O) groups excluding carboxylic acids is 1. The zero-order chi connectivity index (χ0) is 15.5. The third-order valence-electron chi connectivity index (χ3n) is 4.00. The van der Waals surface area contributed by atoms with Gasteiger partial charge in [-0.15, -0.1) is 0 Å². The first-order chi connectivity index (χ1) is 10.6. The van der Waals surface area contributed by atoms with Crippen LogP contribution in [0.5, 0.6) is 0 Å². The molecule has 0 radical (unpaired) electrons. The molecule has 0 saturated carbocycles. The molecule has 22 heavy (non-hydrogen) atoms. The number of aliphatic carboxylic acids is 1. The molecule has 2 heterocycles. The number of carbonyl (C=O) groups is 2. The average Bonchev–Trinajstić information content (AvgIpc) is 3.08. The highest BCUT2D eigenvalue weighted by molar-refractivity contribution is 7.08. The zero-order valence-electron chi connectivity index (χ0n) is 12.1. The van der Waals surface area contributed by atoms with Crippen LogP contribution in [0.4, 0.5) is 0 Å². The third kappa shape index (κ3) is 3.20. The summed E-state index contributed by atoms with van der Waals surface area (Å²) in [5.41, 5.74) is 3.32. The molecule has 1 amide bonds. The van der Waals surface area contributed by atoms with E-state index in [0.29, 0.717) is 19.5 Å². The summed E-state index contributed by atoms with van der Waals surface area (Å²) in [4.78, 5) is 25.6. The van der Waals surface area contributed by atoms with Crippen LogP contribution in [0.1, 0.15) is 23.1 Å². The summed E-state index contributed by atoms with van der Waals surface area (Å²) in [6.45, 7) is 1.21. The van der Waals surface area contributed by atoms with Gasteiger partial charge in [0.1, 0.15) is 0 Å². The standard InChI is InChI=1S/C17H17NO3S/c19-16(18-8-14-10-22-11-15(14)9-18)7-13(17(20)21)6-12-4-2-1-3-5-12/h1-5,10-11,13H,6-9H2,(H,20,21)/t13-/m1/s1. The van der Waals surface area contributed by atoms with E-state index in [-0.39, 0.29) is 12.3 Å². The summed E-state index contributed by atoms with van der Waals surface area (Å²) >= 11 is 1.64. The molecule has 0 bridgehead atoms. The van der Waals surface area contributed by atoms with Crippen LogP contribution in [0.3, 0.4) is 0 Å². The van der Waals surface area contributed by atoms with Crippen LogP contribution in [0.25, 0.3) is 0 Å². The molecule has 1 N–H and O–H groups in total. The molecule has 3 rings (SSSR count). The Kier molecular flexibility index (Phi) is 4.24. The van der Waals surface area contributed by atoms with E-state index in [2.05, 4.69) is 10.8 Å². The highest BCUT2D eigenvalue weighted by Crippen LogP contribution is 2.27. The van der Waals surface area contributed by atoms with Crippen LogP contribution in [0.2, 0.25) is 0 Å². The van der Waals surface area contributed by atoms with Gasteiger partial charge in [0, 0.05) is 19.5 Å². The number of benzene rings is 1. The van der Waals surface area contributed by atoms with E-state index in [0.717, 1.165) is 5.56 Å². The van der Waals surface area contributed by atoms with Crippen LogP contribution in [0.15, 0.2) is 41.1 Å². The minimum atomic E-state index is -0.911. The lowest BCUT2D eigenvalue weighted by Gasteiger charge is -2.19. The third-order valence-corrected chi connectivity index (χ3v) is 4.84. The first kappa shape index (κ1) is 14.8. The number of hydrogen-bond acceptors (Lipinski definition) is 3. The Hall–Kier alpha value is -2.14. The van der Waals surface area contributed by atoms with Gasteiger partial charge in [0.15, 0.2) is 0 Å². The summed E-state index contributed by atoms with van der Waals surface area (Å²) in [6.07, 6.45) is 0.439. The van der Waals surface area contributed by atoms with Gasteiger partial charge in [-0.05, 0) is 33.9 Å². The van der Waals surface area contributed by atoms with Gasteiger partial charge >= 0.3 is 5.97 Å². The topological polar surface area (TPSA) is 57.6 Å². The Balaban J connectivity index is 1.63. The van der Waals surface area contributed by atoms with Crippen LogP contribution in [0, 0.1) is 5.92 Å². The van der Waals surface area contributed by atoms with Gasteiger partial charge in [-0.1, -0.05) is 30.3 Å². The van der Waals surface area contributed by atoms with Gasteiger partial charge in [-0.2, -0.15) is 11.3 Å². The number of amides is 1. The van der Waals surface area contributed by atoms with Crippen LogP contribution < -0.4 is 0 Å². The molecule has 2 aromatic rings. The summed E-state index contributed by atoms with van der Waals surface area (Å²) in [5.74, 6) is -1.66. The number of fused-ring (bicyclic) bond motifs is 1. The van der Waals surface area contributed by atoms with E-state index >= 15 is 0 Å². The SMILES string of the molecule is O=C(O)[C@@H](CC(=O)N1Cc2cscc2C1)Cc1ccccc1. The Labute approximate surface area is 133 Å². The second kappa shape index (κ2) is 6.32. The largest absolute Gasteiger partial charge is 0.481 e. The maximum Gasteiger partial charge on any atom is 0.307 e. The second-order valence-electron chi connectivity index (χ2n) is 5.60. The van der Waals surface area contributed by atoms with Gasteiger partial charge in [-0.3, -0.25) is 9.59 Å². The molecule has 0 fully saturated rings. The summed E-state index contributed by atoms with van der Waals surface area (Å²) in [6, 6.07) is 9.45. The van der Waals surface area contributed by atoms with Crippen molar-refractivity contribution in [2.24, 2.45) is 5.92 Å². The van der Waals surface area contributed by atoms with Gasteiger partial charge < -0.3 is 10.0 Å². The maximum absolute atomic E-state index is 12.4. The molecule has 0 aliphatic carbocycles. The molecular weight excluding hydrogens is 298 g/mol. The lowest BCUT2D eigenvalue weighted by Crippen LogP contribution is -2.30. The normalized spacial score (nSPS) is 14.6. The lowest BCUT2D eigenvalue weighted by atomic mass is 9.96. The molecule has 4 nitrogen and oxygen atoms in total. The lowest BCUT2D eigenvalue weighted by molar-refractivity contribution is -0.146. The van der Waals surface area contributed by atoms with Crippen molar-refractivity contribution < 1.29 is 14.7 Å². The molecule has 5 heteroatoms. The Bertz CT molecular complexity index is 660. The van der Waals surface area contributed by atoms with Crippen molar-refractivity contribution in [3.63, 3.8) is 0 Å². The second-order valence-corrected chi connectivity index (χ2v) is 6.34. The van der Waals surface area contributed by atoms with Crippen molar-refractivity contribution in [1.29, 1.82) is 0 Å². The molecule has 0 unspecified atom stereocenters. The maximum atomic E-state index is 12.4. The minimum absolute atomic E-state index is 0.0535. The highest BCUT2D eigenvalue weighted by Gasteiger charge is 2.28. The predicted octanol–water partition coefficient (Wildman–Crippen LogP) is 2.92. The average molecular weight is 315 g/mol. The van der Waals surface area contributed by atoms with Crippen molar-refractivity contribution >= 4 is 23.2 Å². The molecule has 0 saturated heterocycles. The van der Waals surface area contributed by atoms with Crippen molar-refractivity contribution in [2.45, 2.75) is 25.9 Å². The smallest absolute Gasteiger partial charge is 0.307 e. The summed E-state index contributed by atoms with van der Waals surface area (Å²) in [5, 5.41) is 13.5. The number of carboxylic acids is 1. The van der Waals surface area contributed by atoms with Crippen molar-refractivity contribution in [1.82, 2.24) is 4.90 Å². The highest BCUT2D eigenvalue weighted by atomic mass is 32.1. The van der Waals surface area contributed by atoms with Crippen LogP contribution in [-0.4, -0.2) is 21.9 Å². The van der Waals surface area contributed by atoms with E-state index in [4.69, 9.17) is 0 Å². The molecule has 0 spiro atoms. The molecule has 1 aromatic carbocycles. The monoisotopic (exact) mass is 315 g/mol. The first-order valence-electron chi connectivity index (χ1n) is 7.22. The first-order valence-corrected chi connectivity index (χ1v) is 8.16. The Morgan fingerprint density at radius 1 is 1.14 bits per heavy atom. The van der Waals surface area contributed by atoms with Gasteiger partial charge in [-0.25, -0.2) is 0 Å². The van der Waals surface area contributed by atoms with Crippen molar-refractivity contribution in [3.8, 4) is 0 Å². The molecule has 1 aromatic heterocycles. The zero-order valence-corrected chi connectivity index (χ0v) is 12.9. The van der Waals surface area contributed by atoms with E-state index in [9.17, 15) is 14.7 Å². The number of carboxylic acid groups (broad SMARTS) is 1. The quantitative estimate of drug-likeness (QED) is 0.923. The summed E-state index contributed by atoms with van der Waals surface area (Å²) < 4.78 is 0. The van der Waals surface area contributed by atoms with E-state index in [1.54, 1.807) is 16.2 Å². The fourth-order valence-electron chi connectivity index (χ4n) is 2.76. The fourth-order valence-corrected chi connectivity index (χ4v) is 3.60. The van der Waals surface area contributed by atoms with Gasteiger partial charge in [0.05, 0.1) is 5.92 Å². The van der Waals surface area contributed by atoms with E-state index < -0.39 is 11.9 Å². The van der Waals surface area contributed by atoms with Crippen LogP contribution in [-0.2, 0) is 29.1 Å². The predicted molar refractivity (Wildman–Crippen MR) is 84.5 cm³/mol.